The van der Waals surface area contributed by atoms with E-state index in [1.54, 1.807) is 13.2 Å². The van der Waals surface area contributed by atoms with Crippen LogP contribution in [0.5, 0.6) is 0 Å². The SMILES string of the molecule is COCCNC(=O)c1scc(C)c1NC(=O)C[N+]1(CC(=O)Nc2ccon2)CCCCC1.O=C[O-]. The molecular weight excluding hydrogens is 478 g/mol. The second kappa shape index (κ2) is 14.2. The Labute approximate surface area is 207 Å². The van der Waals surface area contributed by atoms with Gasteiger partial charge in [-0.05, 0) is 37.1 Å². The number of aromatic nitrogens is 1. The summed E-state index contributed by atoms with van der Waals surface area (Å²) in [6.07, 6.45) is 4.38. The number of nitrogens with zero attached hydrogens (tertiary/aromatic N) is 2. The van der Waals surface area contributed by atoms with Gasteiger partial charge in [0, 0.05) is 26.2 Å². The summed E-state index contributed by atoms with van der Waals surface area (Å²) in [6, 6.07) is 1.57. The number of rotatable bonds is 10. The van der Waals surface area contributed by atoms with Crippen LogP contribution in [-0.4, -0.2) is 80.3 Å². The van der Waals surface area contributed by atoms with E-state index in [-0.39, 0.29) is 30.8 Å². The van der Waals surface area contributed by atoms with Crippen molar-refractivity contribution < 1.29 is 38.0 Å². The van der Waals surface area contributed by atoms with E-state index in [4.69, 9.17) is 19.2 Å². The molecule has 3 N–H and O–H groups in total. The van der Waals surface area contributed by atoms with E-state index in [2.05, 4.69) is 21.1 Å². The molecule has 0 radical (unpaired) electrons. The highest BCUT2D eigenvalue weighted by atomic mass is 32.1. The van der Waals surface area contributed by atoms with E-state index in [0.717, 1.165) is 37.9 Å². The number of nitrogens with one attached hydrogen (secondary N) is 3. The van der Waals surface area contributed by atoms with Crippen LogP contribution in [-0.2, 0) is 19.1 Å². The number of carbonyl (C=O) groups excluding carboxylic acids is 4. The average Bonchev–Trinajstić information content (AvgIpc) is 3.44. The second-order valence-corrected chi connectivity index (χ2v) is 8.99. The number of hydrogen-bond acceptors (Lipinski definition) is 9. The number of thiophene rings is 1. The fraction of sp³-hybridized carbons (Fsp3) is 0.500. The minimum Gasteiger partial charge on any atom is -0.554 e. The number of carbonyl (C=O) groups is 4. The fourth-order valence-corrected chi connectivity index (χ4v) is 4.84. The molecule has 35 heavy (non-hydrogen) atoms. The molecule has 0 spiro atoms. The molecule has 0 saturated carbocycles. The van der Waals surface area contributed by atoms with Gasteiger partial charge < -0.3 is 39.6 Å². The summed E-state index contributed by atoms with van der Waals surface area (Å²) in [7, 11) is 1.57. The molecule has 0 atom stereocenters. The maximum Gasteiger partial charge on any atom is 0.280 e. The van der Waals surface area contributed by atoms with E-state index < -0.39 is 6.47 Å². The molecule has 2 aromatic rings. The van der Waals surface area contributed by atoms with Gasteiger partial charge >= 0.3 is 0 Å². The molecule has 3 heterocycles. The van der Waals surface area contributed by atoms with Gasteiger partial charge in [0.25, 0.3) is 17.7 Å². The zero-order chi connectivity index (χ0) is 25.7. The van der Waals surface area contributed by atoms with Crippen LogP contribution in [0.2, 0.25) is 0 Å². The van der Waals surface area contributed by atoms with Crippen LogP contribution in [0.4, 0.5) is 11.5 Å². The number of anilines is 2. The van der Waals surface area contributed by atoms with Crippen LogP contribution in [0.1, 0.15) is 34.5 Å². The molecule has 1 fully saturated rings. The number of amides is 3. The molecule has 3 rings (SSSR count). The number of likely N-dealkylation sites (tertiary alicyclic amines) is 1. The number of aryl methyl sites for hydroxylation is 1. The Bertz CT molecular complexity index is 971. The number of piperidine rings is 1. The standard InChI is InChI=1S/C21H29N5O5S.CH2O2/c1-15-14-32-20(21(29)22-7-11-30-2)19(15)24-18(28)13-26(8-4-3-5-9-26)12-17(27)23-16-6-10-31-25-16;2-1-3/h6,10,14H,3-5,7-9,11-13H2,1-2H3,(H2-,22,23,24,25,27,28,29);1H,(H,2,3). The number of quaternary nitrogens is 1. The first-order valence-corrected chi connectivity index (χ1v) is 12.0. The smallest absolute Gasteiger partial charge is 0.280 e. The Kier molecular flexibility index (Phi) is 11.3. The van der Waals surface area contributed by atoms with Crippen LogP contribution in [0.25, 0.3) is 0 Å². The van der Waals surface area contributed by atoms with Crippen LogP contribution < -0.4 is 21.1 Å². The van der Waals surface area contributed by atoms with Gasteiger partial charge in [-0.1, -0.05) is 5.16 Å². The minimum absolute atomic E-state index is 0.159. The van der Waals surface area contributed by atoms with Gasteiger partial charge in [0.15, 0.2) is 18.9 Å². The maximum atomic E-state index is 13.0. The lowest BCUT2D eigenvalue weighted by Gasteiger charge is -2.40. The topological polar surface area (TPSA) is 163 Å². The van der Waals surface area contributed by atoms with E-state index >= 15 is 0 Å². The van der Waals surface area contributed by atoms with Crippen molar-refractivity contribution in [3.05, 3.63) is 28.2 Å². The monoisotopic (exact) mass is 509 g/mol. The zero-order valence-electron chi connectivity index (χ0n) is 19.8. The van der Waals surface area contributed by atoms with Crippen molar-refractivity contribution in [3.63, 3.8) is 0 Å². The van der Waals surface area contributed by atoms with E-state index in [1.165, 1.54) is 17.6 Å². The fourth-order valence-electron chi connectivity index (χ4n) is 3.92. The predicted octanol–water partition coefficient (Wildman–Crippen LogP) is 0.365. The molecule has 192 valence electrons. The highest BCUT2D eigenvalue weighted by Gasteiger charge is 2.35. The van der Waals surface area contributed by atoms with Gasteiger partial charge in [0.2, 0.25) is 0 Å². The first kappa shape index (κ1) is 28.0. The van der Waals surface area contributed by atoms with E-state index in [1.807, 2.05) is 12.3 Å². The van der Waals surface area contributed by atoms with E-state index in [0.29, 0.717) is 34.0 Å². The van der Waals surface area contributed by atoms with Crippen LogP contribution in [0, 0.1) is 6.92 Å². The second-order valence-electron chi connectivity index (χ2n) is 8.11. The summed E-state index contributed by atoms with van der Waals surface area (Å²) in [5.41, 5.74) is 1.35. The maximum absolute atomic E-state index is 13.0. The van der Waals surface area contributed by atoms with Gasteiger partial charge in [0.05, 0.1) is 25.4 Å². The zero-order valence-corrected chi connectivity index (χ0v) is 20.7. The molecule has 0 bridgehead atoms. The number of hydrogen-bond donors (Lipinski definition) is 3. The summed E-state index contributed by atoms with van der Waals surface area (Å²) in [5, 5.41) is 22.2. The van der Waals surface area contributed by atoms with Gasteiger partial charge in [-0.3, -0.25) is 14.4 Å². The van der Waals surface area contributed by atoms with Crippen molar-refractivity contribution in [1.29, 1.82) is 0 Å². The summed E-state index contributed by atoms with van der Waals surface area (Å²) >= 11 is 1.29. The molecule has 1 saturated heterocycles. The third-order valence-electron chi connectivity index (χ3n) is 5.47. The first-order chi connectivity index (χ1) is 16.8. The van der Waals surface area contributed by atoms with Crippen molar-refractivity contribution in [3.8, 4) is 0 Å². The van der Waals surface area contributed by atoms with Crippen molar-refractivity contribution in [2.45, 2.75) is 26.2 Å². The normalized spacial score (nSPS) is 14.2. The van der Waals surface area contributed by atoms with Crippen LogP contribution in [0.3, 0.4) is 0 Å². The average molecular weight is 510 g/mol. The Morgan fingerprint density at radius 2 is 1.86 bits per heavy atom. The van der Waals surface area contributed by atoms with E-state index in [9.17, 15) is 14.4 Å². The predicted molar refractivity (Wildman–Crippen MR) is 127 cm³/mol. The molecule has 2 aromatic heterocycles. The molecule has 1 aliphatic rings. The number of ether oxygens (including phenoxy) is 1. The van der Waals surface area contributed by atoms with Crippen molar-refractivity contribution in [2.75, 3.05) is 57.1 Å². The lowest BCUT2D eigenvalue weighted by molar-refractivity contribution is -0.917. The van der Waals surface area contributed by atoms with Crippen molar-refractivity contribution in [2.24, 2.45) is 0 Å². The molecule has 13 heteroatoms. The van der Waals surface area contributed by atoms with Crippen molar-refractivity contribution in [1.82, 2.24) is 10.5 Å². The van der Waals surface area contributed by atoms with Gasteiger partial charge in [-0.2, -0.15) is 0 Å². The van der Waals surface area contributed by atoms with Crippen molar-refractivity contribution >= 4 is 47.0 Å². The highest BCUT2D eigenvalue weighted by molar-refractivity contribution is 7.13. The summed E-state index contributed by atoms with van der Waals surface area (Å²) in [4.78, 5) is 46.9. The largest absolute Gasteiger partial charge is 0.554 e. The molecule has 12 nitrogen and oxygen atoms in total. The van der Waals surface area contributed by atoms with Crippen LogP contribution >= 0.6 is 11.3 Å². The minimum atomic E-state index is -0.500. The highest BCUT2D eigenvalue weighted by Crippen LogP contribution is 2.28. The Morgan fingerprint density at radius 3 is 2.46 bits per heavy atom. The molecule has 3 amide bonds. The lowest BCUT2D eigenvalue weighted by Crippen LogP contribution is -2.58. The Hall–Kier alpha value is -3.29. The van der Waals surface area contributed by atoms with Gasteiger partial charge in [-0.25, -0.2) is 0 Å². The molecular formula is C22H31N5O7S. The molecule has 0 aliphatic carbocycles. The van der Waals surface area contributed by atoms with Gasteiger partial charge in [-0.15, -0.1) is 11.3 Å². The molecule has 0 unspecified atom stereocenters. The number of methoxy groups -OCH3 is 1. The Morgan fingerprint density at radius 1 is 1.20 bits per heavy atom. The first-order valence-electron chi connectivity index (χ1n) is 11.1. The molecule has 1 aliphatic heterocycles. The lowest BCUT2D eigenvalue weighted by atomic mass is 10.1. The van der Waals surface area contributed by atoms with Crippen LogP contribution in [0.15, 0.2) is 22.2 Å². The molecule has 0 aromatic carbocycles. The third kappa shape index (κ3) is 8.77. The quantitative estimate of drug-likeness (QED) is 0.235. The third-order valence-corrected chi connectivity index (χ3v) is 6.56. The summed E-state index contributed by atoms with van der Waals surface area (Å²) in [6.45, 7) is 3.97. The summed E-state index contributed by atoms with van der Waals surface area (Å²) < 4.78 is 10.1. The Balaban J connectivity index is 0.00000137. The summed E-state index contributed by atoms with van der Waals surface area (Å²) in [5.74, 6) is -0.316. The van der Waals surface area contributed by atoms with Gasteiger partial charge in [0.1, 0.15) is 11.1 Å². The number of carboxylic acid groups (broad SMARTS) is 1.